The Hall–Kier alpha value is -2.76. The Bertz CT molecular complexity index is 909. The van der Waals surface area contributed by atoms with Gasteiger partial charge in [0.25, 0.3) is 5.91 Å². The van der Waals surface area contributed by atoms with Crippen molar-refractivity contribution in [1.82, 2.24) is 19.7 Å². The molecule has 3 aromatic rings. The number of hydrogen-bond acceptors (Lipinski definition) is 3. The van der Waals surface area contributed by atoms with E-state index in [-0.39, 0.29) is 5.91 Å². The molecular weight excluding hydrogens is 316 g/mol. The standard InChI is InChI=1S/C19H22N4O2/c1-14-17(21-23-11-5-13-25-19(14)23)18(24)20-9-4-10-22-12-8-15-6-2-3-7-16(15)22/h2-3,6-8,12H,4-5,9-11,13H2,1H3,(H,20,24). The predicted octanol–water partition coefficient (Wildman–Crippen LogP) is 2.75. The summed E-state index contributed by atoms with van der Waals surface area (Å²) in [6, 6.07) is 10.4. The number of aryl methyl sites for hydroxylation is 2. The molecule has 1 aliphatic heterocycles. The highest BCUT2D eigenvalue weighted by Crippen LogP contribution is 2.24. The number of hydrogen-bond donors (Lipinski definition) is 1. The van der Waals surface area contributed by atoms with Gasteiger partial charge in [-0.1, -0.05) is 18.2 Å². The maximum Gasteiger partial charge on any atom is 0.272 e. The average Bonchev–Trinajstić information content (AvgIpc) is 3.20. The number of para-hydroxylation sites is 1. The van der Waals surface area contributed by atoms with Gasteiger partial charge in [0, 0.05) is 43.3 Å². The first-order valence-corrected chi connectivity index (χ1v) is 8.76. The molecule has 0 saturated heterocycles. The van der Waals surface area contributed by atoms with E-state index in [1.807, 2.05) is 19.1 Å². The van der Waals surface area contributed by atoms with Crippen molar-refractivity contribution in [2.75, 3.05) is 13.2 Å². The molecule has 4 rings (SSSR count). The van der Waals surface area contributed by atoms with Crippen LogP contribution < -0.4 is 10.1 Å². The van der Waals surface area contributed by atoms with Gasteiger partial charge in [-0.25, -0.2) is 4.68 Å². The number of aromatic nitrogens is 3. The Kier molecular flexibility index (Phi) is 4.17. The first kappa shape index (κ1) is 15.7. The minimum absolute atomic E-state index is 0.125. The van der Waals surface area contributed by atoms with Crippen LogP contribution in [0.2, 0.25) is 0 Å². The minimum atomic E-state index is -0.125. The van der Waals surface area contributed by atoms with Crippen molar-refractivity contribution in [1.29, 1.82) is 0 Å². The number of nitrogens with zero attached hydrogens (tertiary/aromatic N) is 3. The van der Waals surface area contributed by atoms with Gasteiger partial charge in [-0.2, -0.15) is 5.10 Å². The molecule has 1 aliphatic rings. The molecule has 25 heavy (non-hydrogen) atoms. The Morgan fingerprint density at radius 1 is 1.32 bits per heavy atom. The van der Waals surface area contributed by atoms with Crippen molar-refractivity contribution in [3.05, 3.63) is 47.8 Å². The van der Waals surface area contributed by atoms with Gasteiger partial charge >= 0.3 is 0 Å². The lowest BCUT2D eigenvalue weighted by atomic mass is 10.2. The van der Waals surface area contributed by atoms with Crippen molar-refractivity contribution >= 4 is 16.8 Å². The third-order valence-electron chi connectivity index (χ3n) is 4.64. The smallest absolute Gasteiger partial charge is 0.272 e. The van der Waals surface area contributed by atoms with E-state index in [1.54, 1.807) is 4.68 Å². The van der Waals surface area contributed by atoms with Gasteiger partial charge in [0.1, 0.15) is 0 Å². The van der Waals surface area contributed by atoms with Crippen molar-refractivity contribution in [3.8, 4) is 5.88 Å². The number of amides is 1. The largest absolute Gasteiger partial charge is 0.478 e. The van der Waals surface area contributed by atoms with Crippen molar-refractivity contribution in [3.63, 3.8) is 0 Å². The van der Waals surface area contributed by atoms with Crippen LogP contribution >= 0.6 is 0 Å². The molecule has 0 aliphatic carbocycles. The van der Waals surface area contributed by atoms with E-state index < -0.39 is 0 Å². The third kappa shape index (κ3) is 2.99. The van der Waals surface area contributed by atoms with Gasteiger partial charge in [-0.05, 0) is 30.9 Å². The first-order valence-electron chi connectivity index (χ1n) is 8.76. The van der Waals surface area contributed by atoms with Gasteiger partial charge in [-0.15, -0.1) is 0 Å². The Morgan fingerprint density at radius 3 is 3.08 bits per heavy atom. The topological polar surface area (TPSA) is 61.1 Å². The molecule has 0 fully saturated rings. The van der Waals surface area contributed by atoms with E-state index >= 15 is 0 Å². The number of nitrogens with one attached hydrogen (secondary N) is 1. The highest BCUT2D eigenvalue weighted by atomic mass is 16.5. The molecule has 0 saturated carbocycles. The highest BCUT2D eigenvalue weighted by molar-refractivity contribution is 5.94. The molecule has 6 nitrogen and oxygen atoms in total. The monoisotopic (exact) mass is 338 g/mol. The zero-order valence-corrected chi connectivity index (χ0v) is 14.4. The maximum absolute atomic E-state index is 12.4. The van der Waals surface area contributed by atoms with Crippen molar-refractivity contribution in [2.24, 2.45) is 0 Å². The van der Waals surface area contributed by atoms with Crippen LogP contribution in [0.5, 0.6) is 5.88 Å². The molecule has 3 heterocycles. The summed E-state index contributed by atoms with van der Waals surface area (Å²) in [5, 5.41) is 8.61. The number of ether oxygens (including phenoxy) is 1. The number of fused-ring (bicyclic) bond motifs is 2. The van der Waals surface area contributed by atoms with E-state index in [2.05, 4.69) is 39.4 Å². The van der Waals surface area contributed by atoms with Crippen LogP contribution in [0.1, 0.15) is 28.9 Å². The SMILES string of the molecule is Cc1c(C(=O)NCCCn2ccc3ccccc32)nn2c1OCCC2. The van der Waals surface area contributed by atoms with E-state index in [4.69, 9.17) is 4.74 Å². The van der Waals surface area contributed by atoms with Crippen LogP contribution in [0, 0.1) is 6.92 Å². The van der Waals surface area contributed by atoms with E-state index in [1.165, 1.54) is 10.9 Å². The second-order valence-corrected chi connectivity index (χ2v) is 6.38. The maximum atomic E-state index is 12.4. The van der Waals surface area contributed by atoms with Gasteiger partial charge in [-0.3, -0.25) is 4.79 Å². The van der Waals surface area contributed by atoms with Crippen LogP contribution in [-0.4, -0.2) is 33.4 Å². The summed E-state index contributed by atoms with van der Waals surface area (Å²) in [4.78, 5) is 12.4. The molecule has 130 valence electrons. The zero-order valence-electron chi connectivity index (χ0n) is 14.4. The van der Waals surface area contributed by atoms with Gasteiger partial charge in [0.2, 0.25) is 5.88 Å². The second kappa shape index (κ2) is 6.63. The lowest BCUT2D eigenvalue weighted by Crippen LogP contribution is -2.26. The quantitative estimate of drug-likeness (QED) is 0.728. The molecule has 2 aromatic heterocycles. The minimum Gasteiger partial charge on any atom is -0.478 e. The molecule has 0 radical (unpaired) electrons. The molecule has 1 N–H and O–H groups in total. The predicted molar refractivity (Wildman–Crippen MR) is 96.0 cm³/mol. The van der Waals surface area contributed by atoms with E-state index in [0.29, 0.717) is 18.8 Å². The Morgan fingerprint density at radius 2 is 2.20 bits per heavy atom. The summed E-state index contributed by atoms with van der Waals surface area (Å²) in [5.41, 5.74) is 2.53. The van der Waals surface area contributed by atoms with Gasteiger partial charge in [0.15, 0.2) is 5.69 Å². The van der Waals surface area contributed by atoms with Crippen LogP contribution in [0.15, 0.2) is 36.5 Å². The number of carbonyl (C=O) groups is 1. The fourth-order valence-corrected chi connectivity index (χ4v) is 3.34. The summed E-state index contributed by atoms with van der Waals surface area (Å²) in [6.07, 6.45) is 3.89. The summed E-state index contributed by atoms with van der Waals surface area (Å²) < 4.78 is 9.63. The zero-order chi connectivity index (χ0) is 17.2. The summed E-state index contributed by atoms with van der Waals surface area (Å²) in [7, 11) is 0. The van der Waals surface area contributed by atoms with Crippen LogP contribution in [0.3, 0.4) is 0 Å². The normalized spacial score (nSPS) is 13.5. The first-order chi connectivity index (χ1) is 12.2. The lowest BCUT2D eigenvalue weighted by molar-refractivity contribution is 0.0946. The fourth-order valence-electron chi connectivity index (χ4n) is 3.34. The molecule has 1 aromatic carbocycles. The molecule has 0 unspecified atom stereocenters. The molecule has 0 bridgehead atoms. The number of benzene rings is 1. The summed E-state index contributed by atoms with van der Waals surface area (Å²) >= 11 is 0. The second-order valence-electron chi connectivity index (χ2n) is 6.38. The molecule has 6 heteroatoms. The van der Waals surface area contributed by atoms with Gasteiger partial charge in [0.05, 0.1) is 6.61 Å². The molecule has 0 atom stereocenters. The van der Waals surface area contributed by atoms with Gasteiger partial charge < -0.3 is 14.6 Å². The Balaban J connectivity index is 1.34. The summed E-state index contributed by atoms with van der Waals surface area (Å²) in [6.45, 7) is 4.89. The van der Waals surface area contributed by atoms with Crippen molar-refractivity contribution < 1.29 is 9.53 Å². The lowest BCUT2D eigenvalue weighted by Gasteiger charge is -2.14. The number of carbonyl (C=O) groups excluding carboxylic acids is 1. The fraction of sp³-hybridized carbons (Fsp3) is 0.368. The molecule has 1 amide bonds. The Labute approximate surface area is 146 Å². The average molecular weight is 338 g/mol. The molecule has 0 spiro atoms. The van der Waals surface area contributed by atoms with E-state index in [0.717, 1.165) is 37.4 Å². The van der Waals surface area contributed by atoms with Crippen LogP contribution in [-0.2, 0) is 13.1 Å². The van der Waals surface area contributed by atoms with Crippen LogP contribution in [0.25, 0.3) is 10.9 Å². The molecular formula is C19H22N4O2. The van der Waals surface area contributed by atoms with Crippen LogP contribution in [0.4, 0.5) is 0 Å². The van der Waals surface area contributed by atoms with E-state index in [9.17, 15) is 4.79 Å². The van der Waals surface area contributed by atoms with Crippen molar-refractivity contribution in [2.45, 2.75) is 32.9 Å². The third-order valence-corrected chi connectivity index (χ3v) is 4.64. The highest BCUT2D eigenvalue weighted by Gasteiger charge is 2.22. The summed E-state index contributed by atoms with van der Waals surface area (Å²) in [5.74, 6) is 0.607. The number of rotatable bonds is 5.